The van der Waals surface area contributed by atoms with Crippen LogP contribution >= 0.6 is 15.9 Å². The summed E-state index contributed by atoms with van der Waals surface area (Å²) < 4.78 is 11.1. The van der Waals surface area contributed by atoms with Crippen LogP contribution in [-0.4, -0.2) is 16.1 Å². The standard InChI is InChI=1S/C13H8BrN3O3/c14-10-7-6-9(19-10)12-16-17-13(20-12)15-11(18)8-4-2-1-3-5-8/h1-7H,(H,15,17,18). The number of carbonyl (C=O) groups is 1. The van der Waals surface area contributed by atoms with Gasteiger partial charge < -0.3 is 8.83 Å². The number of aromatic nitrogens is 2. The second-order valence-electron chi connectivity index (χ2n) is 3.84. The third-order valence-corrected chi connectivity index (χ3v) is 2.89. The fourth-order valence-electron chi connectivity index (χ4n) is 1.56. The Labute approximate surface area is 121 Å². The minimum Gasteiger partial charge on any atom is -0.444 e. The number of carbonyl (C=O) groups excluding carboxylic acids is 1. The molecule has 0 unspecified atom stereocenters. The average Bonchev–Trinajstić information content (AvgIpc) is 3.09. The Hall–Kier alpha value is -2.41. The molecule has 100 valence electrons. The van der Waals surface area contributed by atoms with Gasteiger partial charge in [0, 0.05) is 5.56 Å². The van der Waals surface area contributed by atoms with Crippen LogP contribution in [0.5, 0.6) is 0 Å². The molecule has 0 bridgehead atoms. The van der Waals surface area contributed by atoms with Crippen LogP contribution in [0.2, 0.25) is 0 Å². The van der Waals surface area contributed by atoms with Crippen molar-refractivity contribution >= 4 is 27.9 Å². The van der Waals surface area contributed by atoms with Crippen LogP contribution in [0.3, 0.4) is 0 Å². The summed E-state index contributed by atoms with van der Waals surface area (Å²) >= 11 is 3.18. The number of nitrogens with one attached hydrogen (secondary N) is 1. The maximum absolute atomic E-state index is 11.9. The van der Waals surface area contributed by atoms with Gasteiger partial charge in [0.15, 0.2) is 10.4 Å². The van der Waals surface area contributed by atoms with Crippen molar-refractivity contribution in [3.05, 3.63) is 52.7 Å². The Morgan fingerprint density at radius 1 is 1.05 bits per heavy atom. The quantitative estimate of drug-likeness (QED) is 0.794. The maximum Gasteiger partial charge on any atom is 0.322 e. The van der Waals surface area contributed by atoms with Gasteiger partial charge in [-0.3, -0.25) is 10.1 Å². The van der Waals surface area contributed by atoms with Crippen LogP contribution in [0.25, 0.3) is 11.7 Å². The molecule has 0 aliphatic heterocycles. The number of halogens is 1. The molecule has 1 amide bonds. The molecule has 0 saturated heterocycles. The van der Waals surface area contributed by atoms with Crippen molar-refractivity contribution in [1.29, 1.82) is 0 Å². The van der Waals surface area contributed by atoms with Crippen LogP contribution in [0, 0.1) is 0 Å². The molecule has 6 nitrogen and oxygen atoms in total. The van der Waals surface area contributed by atoms with Crippen molar-refractivity contribution in [3.63, 3.8) is 0 Å². The zero-order chi connectivity index (χ0) is 13.9. The molecule has 3 aromatic rings. The molecule has 0 aliphatic rings. The lowest BCUT2D eigenvalue weighted by Gasteiger charge is -1.98. The Bertz CT molecular complexity index is 736. The normalized spacial score (nSPS) is 10.4. The number of amides is 1. The van der Waals surface area contributed by atoms with E-state index in [1.807, 2.05) is 6.07 Å². The van der Waals surface area contributed by atoms with Crippen LogP contribution in [0.1, 0.15) is 10.4 Å². The minimum atomic E-state index is -0.318. The summed E-state index contributed by atoms with van der Waals surface area (Å²) in [5, 5.41) is 10.1. The summed E-state index contributed by atoms with van der Waals surface area (Å²) in [5.41, 5.74) is 0.507. The first-order chi connectivity index (χ1) is 9.72. The van der Waals surface area contributed by atoms with Gasteiger partial charge in [-0.1, -0.05) is 23.3 Å². The molecular weight excluding hydrogens is 326 g/mol. The van der Waals surface area contributed by atoms with E-state index in [4.69, 9.17) is 8.83 Å². The third kappa shape index (κ3) is 2.62. The van der Waals surface area contributed by atoms with E-state index in [0.717, 1.165) is 0 Å². The first-order valence-electron chi connectivity index (χ1n) is 5.68. The zero-order valence-electron chi connectivity index (χ0n) is 10.0. The van der Waals surface area contributed by atoms with E-state index in [1.165, 1.54) is 0 Å². The number of anilines is 1. The van der Waals surface area contributed by atoms with Gasteiger partial charge in [-0.2, -0.15) is 0 Å². The molecule has 0 fully saturated rings. The summed E-state index contributed by atoms with van der Waals surface area (Å²) in [6, 6.07) is 12.2. The number of hydrogen-bond acceptors (Lipinski definition) is 5. The monoisotopic (exact) mass is 333 g/mol. The topological polar surface area (TPSA) is 81.2 Å². The molecule has 7 heteroatoms. The van der Waals surface area contributed by atoms with Gasteiger partial charge in [0.05, 0.1) is 0 Å². The first kappa shape index (κ1) is 12.6. The molecule has 3 rings (SSSR count). The van der Waals surface area contributed by atoms with E-state index >= 15 is 0 Å². The molecule has 1 N–H and O–H groups in total. The number of nitrogens with zero attached hydrogens (tertiary/aromatic N) is 2. The molecule has 0 saturated carbocycles. The molecule has 2 aromatic heterocycles. The highest BCUT2D eigenvalue weighted by Gasteiger charge is 2.14. The second kappa shape index (κ2) is 5.30. The van der Waals surface area contributed by atoms with E-state index in [1.54, 1.807) is 36.4 Å². The lowest BCUT2D eigenvalue weighted by Crippen LogP contribution is -2.11. The minimum absolute atomic E-state index is 0.0152. The zero-order valence-corrected chi connectivity index (χ0v) is 11.6. The highest BCUT2D eigenvalue weighted by Crippen LogP contribution is 2.24. The molecule has 0 aliphatic carbocycles. The first-order valence-corrected chi connectivity index (χ1v) is 6.47. The van der Waals surface area contributed by atoms with E-state index in [-0.39, 0.29) is 17.8 Å². The summed E-state index contributed by atoms with van der Waals surface area (Å²) in [5.74, 6) is 0.296. The molecule has 2 heterocycles. The van der Waals surface area contributed by atoms with Crippen molar-refractivity contribution in [2.24, 2.45) is 0 Å². The predicted molar refractivity (Wildman–Crippen MR) is 74.1 cm³/mol. The van der Waals surface area contributed by atoms with Gasteiger partial charge in [0.2, 0.25) is 0 Å². The van der Waals surface area contributed by atoms with Crippen LogP contribution in [0.4, 0.5) is 6.01 Å². The number of rotatable bonds is 3. The van der Waals surface area contributed by atoms with Crippen molar-refractivity contribution in [1.82, 2.24) is 10.2 Å². The second-order valence-corrected chi connectivity index (χ2v) is 4.62. The van der Waals surface area contributed by atoms with Crippen LogP contribution in [0.15, 0.2) is 56.0 Å². The van der Waals surface area contributed by atoms with Gasteiger partial charge >= 0.3 is 6.01 Å². The van der Waals surface area contributed by atoms with Crippen LogP contribution < -0.4 is 5.32 Å². The number of benzene rings is 1. The molecule has 0 radical (unpaired) electrons. The van der Waals surface area contributed by atoms with Gasteiger partial charge in [-0.05, 0) is 40.2 Å². The van der Waals surface area contributed by atoms with E-state index in [9.17, 15) is 4.79 Å². The smallest absolute Gasteiger partial charge is 0.322 e. The lowest BCUT2D eigenvalue weighted by molar-refractivity contribution is 0.102. The highest BCUT2D eigenvalue weighted by atomic mass is 79.9. The van der Waals surface area contributed by atoms with Crippen molar-refractivity contribution in [2.45, 2.75) is 0 Å². The van der Waals surface area contributed by atoms with Crippen LogP contribution in [-0.2, 0) is 0 Å². The van der Waals surface area contributed by atoms with Crippen molar-refractivity contribution in [3.8, 4) is 11.7 Å². The van der Waals surface area contributed by atoms with Gasteiger partial charge in [-0.25, -0.2) is 0 Å². The van der Waals surface area contributed by atoms with Gasteiger partial charge in [0.25, 0.3) is 11.8 Å². The largest absolute Gasteiger partial charge is 0.444 e. The van der Waals surface area contributed by atoms with Crippen molar-refractivity contribution in [2.75, 3.05) is 5.32 Å². The Balaban J connectivity index is 1.76. The fraction of sp³-hybridized carbons (Fsp3) is 0. The predicted octanol–water partition coefficient (Wildman–Crippen LogP) is 3.34. The molecule has 0 atom stereocenters. The van der Waals surface area contributed by atoms with E-state index < -0.39 is 0 Å². The molecule has 0 spiro atoms. The van der Waals surface area contributed by atoms with Crippen molar-refractivity contribution < 1.29 is 13.6 Å². The maximum atomic E-state index is 11.9. The number of hydrogen-bond donors (Lipinski definition) is 1. The summed E-state index contributed by atoms with van der Waals surface area (Å²) in [6.07, 6.45) is 0. The Morgan fingerprint density at radius 2 is 1.85 bits per heavy atom. The molecule has 1 aromatic carbocycles. The lowest BCUT2D eigenvalue weighted by atomic mass is 10.2. The highest BCUT2D eigenvalue weighted by molar-refractivity contribution is 9.10. The third-order valence-electron chi connectivity index (χ3n) is 2.47. The Kier molecular flexibility index (Phi) is 3.34. The fourth-order valence-corrected chi connectivity index (χ4v) is 1.87. The van der Waals surface area contributed by atoms with Gasteiger partial charge in [0.1, 0.15) is 0 Å². The Morgan fingerprint density at radius 3 is 2.55 bits per heavy atom. The van der Waals surface area contributed by atoms with Gasteiger partial charge in [-0.15, -0.1) is 5.10 Å². The SMILES string of the molecule is O=C(Nc1nnc(-c2ccc(Br)o2)o1)c1ccccc1. The molecular formula is C13H8BrN3O3. The summed E-state index contributed by atoms with van der Waals surface area (Å²) in [7, 11) is 0. The average molecular weight is 334 g/mol. The van der Waals surface area contributed by atoms with E-state index in [2.05, 4.69) is 31.4 Å². The summed E-state index contributed by atoms with van der Waals surface area (Å²) in [4.78, 5) is 11.9. The van der Waals surface area contributed by atoms with E-state index in [0.29, 0.717) is 16.0 Å². The number of furan rings is 1. The summed E-state index contributed by atoms with van der Waals surface area (Å²) in [6.45, 7) is 0. The molecule has 20 heavy (non-hydrogen) atoms.